The summed E-state index contributed by atoms with van der Waals surface area (Å²) in [5, 5.41) is 11.2. The van der Waals surface area contributed by atoms with Crippen molar-refractivity contribution < 1.29 is 23.8 Å². The number of fused-ring (bicyclic) bond motifs is 1. The molecule has 2 aromatic carbocycles. The Bertz CT molecular complexity index is 1280. The van der Waals surface area contributed by atoms with Gasteiger partial charge in [-0.3, -0.25) is 14.6 Å². The molecule has 0 saturated carbocycles. The van der Waals surface area contributed by atoms with Crippen LogP contribution in [0.2, 0.25) is 0 Å². The zero-order valence-corrected chi connectivity index (χ0v) is 19.1. The van der Waals surface area contributed by atoms with Gasteiger partial charge in [0.2, 0.25) is 0 Å². The van der Waals surface area contributed by atoms with Crippen LogP contribution in [0.5, 0.6) is 5.75 Å². The number of pyridine rings is 1. The molecule has 0 spiro atoms. The van der Waals surface area contributed by atoms with Gasteiger partial charge in [0, 0.05) is 30.9 Å². The number of likely N-dealkylation sites (tertiary alicyclic amines) is 1. The van der Waals surface area contributed by atoms with Crippen molar-refractivity contribution in [3.8, 4) is 5.75 Å². The molecule has 0 aliphatic carbocycles. The van der Waals surface area contributed by atoms with Crippen molar-refractivity contribution in [2.75, 3.05) is 0 Å². The van der Waals surface area contributed by atoms with E-state index in [1.165, 1.54) is 29.2 Å². The summed E-state index contributed by atoms with van der Waals surface area (Å²) in [6, 6.07) is 13.5. The van der Waals surface area contributed by atoms with Crippen molar-refractivity contribution in [2.24, 2.45) is 0 Å². The van der Waals surface area contributed by atoms with Gasteiger partial charge in [-0.15, -0.1) is 12.4 Å². The minimum Gasteiger partial charge on any atom is -0.507 e. The molecule has 5 rings (SSSR count). The maximum Gasteiger partial charge on any atom is 0.295 e. The zero-order valence-electron chi connectivity index (χ0n) is 18.3. The quantitative estimate of drug-likeness (QED) is 0.336. The molecule has 2 aliphatic heterocycles. The molecule has 0 bridgehead atoms. The summed E-state index contributed by atoms with van der Waals surface area (Å²) < 4.78 is 19.3. The third-order valence-corrected chi connectivity index (χ3v) is 5.97. The van der Waals surface area contributed by atoms with Crippen LogP contribution in [0.3, 0.4) is 0 Å². The molecule has 0 radical (unpaired) electrons. The van der Waals surface area contributed by atoms with E-state index < -0.39 is 23.5 Å². The van der Waals surface area contributed by atoms with Gasteiger partial charge in [0.25, 0.3) is 11.7 Å². The van der Waals surface area contributed by atoms with E-state index in [-0.39, 0.29) is 36.4 Å². The maximum absolute atomic E-state index is 13.6. The minimum atomic E-state index is -0.866. The van der Waals surface area contributed by atoms with Crippen molar-refractivity contribution in [1.82, 2.24) is 9.88 Å². The number of aromatic nitrogens is 1. The van der Waals surface area contributed by atoms with Crippen molar-refractivity contribution in [3.63, 3.8) is 0 Å². The fourth-order valence-electron chi connectivity index (χ4n) is 4.45. The lowest BCUT2D eigenvalue weighted by Crippen LogP contribution is -2.29. The minimum absolute atomic E-state index is 0. The first-order valence-corrected chi connectivity index (χ1v) is 10.6. The van der Waals surface area contributed by atoms with E-state index in [4.69, 9.17) is 4.74 Å². The van der Waals surface area contributed by atoms with Gasteiger partial charge in [0.15, 0.2) is 0 Å². The highest BCUT2D eigenvalue weighted by molar-refractivity contribution is 6.46. The number of amides is 1. The largest absolute Gasteiger partial charge is 0.507 e. The molecule has 6 nitrogen and oxygen atoms in total. The zero-order chi connectivity index (χ0) is 23.1. The summed E-state index contributed by atoms with van der Waals surface area (Å²) in [5.74, 6) is -1.47. The number of aliphatic hydroxyl groups excluding tert-OH is 1. The highest BCUT2D eigenvalue weighted by atomic mass is 35.5. The second kappa shape index (κ2) is 9.27. The molecule has 8 heteroatoms. The Labute approximate surface area is 202 Å². The van der Waals surface area contributed by atoms with Gasteiger partial charge >= 0.3 is 0 Å². The van der Waals surface area contributed by atoms with Gasteiger partial charge in [-0.05, 0) is 60.0 Å². The van der Waals surface area contributed by atoms with Crippen LogP contribution < -0.4 is 4.74 Å². The normalized spacial score (nSPS) is 20.6. The Kier molecular flexibility index (Phi) is 6.39. The first-order chi connectivity index (χ1) is 15.9. The first kappa shape index (κ1) is 23.4. The summed E-state index contributed by atoms with van der Waals surface area (Å²) in [7, 11) is 0. The van der Waals surface area contributed by atoms with Crippen LogP contribution in [0.4, 0.5) is 4.39 Å². The fourth-order valence-corrected chi connectivity index (χ4v) is 4.45. The van der Waals surface area contributed by atoms with Crippen molar-refractivity contribution in [1.29, 1.82) is 0 Å². The molecule has 174 valence electrons. The van der Waals surface area contributed by atoms with Crippen LogP contribution in [-0.2, 0) is 22.6 Å². The Morgan fingerprint density at radius 3 is 2.65 bits per heavy atom. The molecule has 2 atom stereocenters. The lowest BCUT2D eigenvalue weighted by molar-refractivity contribution is -0.140. The van der Waals surface area contributed by atoms with E-state index in [1.807, 2.05) is 6.92 Å². The molecule has 2 unspecified atom stereocenters. The molecular weight excluding hydrogens is 459 g/mol. The molecule has 2 aliphatic rings. The van der Waals surface area contributed by atoms with Crippen LogP contribution in [-0.4, -0.2) is 32.8 Å². The van der Waals surface area contributed by atoms with Crippen LogP contribution in [0.15, 0.2) is 72.6 Å². The summed E-state index contributed by atoms with van der Waals surface area (Å²) in [6.07, 6.45) is 3.95. The Hall–Kier alpha value is -3.71. The van der Waals surface area contributed by atoms with E-state index in [0.29, 0.717) is 17.5 Å². The predicted molar refractivity (Wildman–Crippen MR) is 126 cm³/mol. The number of aliphatic hydroxyl groups is 1. The number of nitrogens with zero attached hydrogens (tertiary/aromatic N) is 2. The Balaban J connectivity index is 0.00000274. The molecule has 1 fully saturated rings. The molecule has 3 aromatic rings. The van der Waals surface area contributed by atoms with E-state index in [0.717, 1.165) is 16.9 Å². The van der Waals surface area contributed by atoms with Gasteiger partial charge in [-0.1, -0.05) is 18.2 Å². The number of hydrogen-bond donors (Lipinski definition) is 1. The van der Waals surface area contributed by atoms with E-state index >= 15 is 0 Å². The second-order valence-corrected chi connectivity index (χ2v) is 8.29. The average molecular weight is 481 g/mol. The van der Waals surface area contributed by atoms with Crippen LogP contribution in [0.25, 0.3) is 5.76 Å². The van der Waals surface area contributed by atoms with E-state index in [9.17, 15) is 19.1 Å². The lowest BCUT2D eigenvalue weighted by Gasteiger charge is -2.25. The highest BCUT2D eigenvalue weighted by Gasteiger charge is 2.46. The molecule has 34 heavy (non-hydrogen) atoms. The number of Topliss-reactive ketones (excluding diaryl/α,β-unsaturated/α-hetero) is 1. The predicted octanol–water partition coefficient (Wildman–Crippen LogP) is 4.59. The van der Waals surface area contributed by atoms with Crippen molar-refractivity contribution >= 4 is 29.9 Å². The van der Waals surface area contributed by atoms with Gasteiger partial charge in [-0.2, -0.15) is 0 Å². The summed E-state index contributed by atoms with van der Waals surface area (Å²) >= 11 is 0. The van der Waals surface area contributed by atoms with E-state index in [2.05, 4.69) is 4.98 Å². The van der Waals surface area contributed by atoms with Gasteiger partial charge in [0.1, 0.15) is 23.4 Å². The number of benzene rings is 2. The molecule has 1 saturated heterocycles. The highest BCUT2D eigenvalue weighted by Crippen LogP contribution is 2.41. The standard InChI is InChI=1S/C26H21FN2O4.ClH/c1-15-11-19-12-18(6-9-21(19)33-15)24(30)22-23(17-4-7-20(27)8-5-17)29(26(32)25(22)31)14-16-3-2-10-28-13-16;/h2-10,12-13,15,23,30H,11,14H2,1H3;1H. The first-order valence-electron chi connectivity index (χ1n) is 10.6. The van der Waals surface area contributed by atoms with Gasteiger partial charge in [-0.25, -0.2) is 4.39 Å². The number of carbonyl (C=O) groups excluding carboxylic acids is 2. The molecule has 1 N–H and O–H groups in total. The third kappa shape index (κ3) is 4.15. The van der Waals surface area contributed by atoms with Crippen molar-refractivity contribution in [2.45, 2.75) is 32.0 Å². The van der Waals surface area contributed by atoms with Crippen molar-refractivity contribution in [3.05, 3.63) is 101 Å². The van der Waals surface area contributed by atoms with Crippen LogP contribution >= 0.6 is 12.4 Å². The van der Waals surface area contributed by atoms with Gasteiger partial charge in [0.05, 0.1) is 11.6 Å². The third-order valence-electron chi connectivity index (χ3n) is 5.97. The number of rotatable bonds is 4. The smallest absolute Gasteiger partial charge is 0.295 e. The monoisotopic (exact) mass is 480 g/mol. The lowest BCUT2D eigenvalue weighted by atomic mass is 9.94. The number of halogens is 2. The van der Waals surface area contributed by atoms with Crippen LogP contribution in [0, 0.1) is 5.82 Å². The summed E-state index contributed by atoms with van der Waals surface area (Å²) in [6.45, 7) is 2.07. The number of hydrogen-bond acceptors (Lipinski definition) is 5. The topological polar surface area (TPSA) is 79.7 Å². The molecular formula is C26H22ClFN2O4. The van der Waals surface area contributed by atoms with E-state index in [1.54, 1.807) is 42.7 Å². The molecule has 3 heterocycles. The second-order valence-electron chi connectivity index (χ2n) is 8.29. The molecule has 1 aromatic heterocycles. The summed E-state index contributed by atoms with van der Waals surface area (Å²) in [4.78, 5) is 31.6. The average Bonchev–Trinajstić information content (AvgIpc) is 3.31. The maximum atomic E-state index is 13.6. The molecule has 1 amide bonds. The number of ketones is 1. The SMILES string of the molecule is CC1Cc2cc(C(O)=C3C(=O)C(=O)N(Cc4cccnc4)C3c3ccc(F)cc3)ccc2O1.Cl. The fraction of sp³-hybridized carbons (Fsp3) is 0.192. The van der Waals surface area contributed by atoms with Crippen LogP contribution in [0.1, 0.15) is 35.2 Å². The number of ether oxygens (including phenoxy) is 1. The van der Waals surface area contributed by atoms with Gasteiger partial charge < -0.3 is 14.7 Å². The number of carbonyl (C=O) groups is 2. The Morgan fingerprint density at radius 2 is 1.94 bits per heavy atom. The summed E-state index contributed by atoms with van der Waals surface area (Å²) in [5.41, 5.74) is 2.59. The Morgan fingerprint density at radius 1 is 1.18 bits per heavy atom.